The van der Waals surface area contributed by atoms with E-state index in [0.717, 1.165) is 64.2 Å². The molecule has 0 aliphatic carbocycles. The Hall–Kier alpha value is -1.02. The van der Waals surface area contributed by atoms with E-state index < -0.39 is 20.0 Å². The number of hydrogen-bond acceptors (Lipinski definition) is 6. The molecule has 0 fully saturated rings. The topological polar surface area (TPSA) is 131 Å². The maximum absolute atomic E-state index is 12.7. The molecule has 0 aliphatic rings. The minimum absolute atomic E-state index is 0.0867. The van der Waals surface area contributed by atoms with Crippen LogP contribution in [0.4, 0.5) is 0 Å². The van der Waals surface area contributed by atoms with Gasteiger partial charge in [-0.15, -0.1) is 0 Å². The molecule has 0 aliphatic heterocycles. The van der Waals surface area contributed by atoms with Gasteiger partial charge in [-0.25, -0.2) is 4.57 Å². The lowest BCUT2D eigenvalue weighted by Gasteiger charge is -2.25. The first-order valence-electron chi connectivity index (χ1n) is 20.0. The highest BCUT2D eigenvalue weighted by molar-refractivity contribution is 7.47. The number of hydrogen-bond donors (Lipinski definition) is 4. The van der Waals surface area contributed by atoms with E-state index in [4.69, 9.17) is 14.8 Å². The summed E-state index contributed by atoms with van der Waals surface area (Å²) in [6.45, 7) is 4.15. The highest BCUT2D eigenvalue weighted by Gasteiger charge is 2.27. The van der Waals surface area contributed by atoms with Crippen molar-refractivity contribution in [3.8, 4) is 0 Å². The van der Waals surface area contributed by atoms with E-state index in [9.17, 15) is 19.4 Å². The number of phosphoric acid groups is 1. The number of unbranched alkanes of at least 4 members (excludes halogenated alkanes) is 21. The third-order valence-electron chi connectivity index (χ3n) is 8.81. The van der Waals surface area contributed by atoms with Crippen molar-refractivity contribution in [1.82, 2.24) is 5.32 Å². The fourth-order valence-electron chi connectivity index (χ4n) is 5.74. The Morgan fingerprint density at radius 2 is 1.17 bits per heavy atom. The predicted molar refractivity (Wildman–Crippen MR) is 203 cm³/mol. The van der Waals surface area contributed by atoms with Gasteiger partial charge in [0.1, 0.15) is 0 Å². The molecule has 0 heterocycles. The predicted octanol–water partition coefficient (Wildman–Crippen LogP) is 10.6. The van der Waals surface area contributed by atoms with E-state index in [2.05, 4.69) is 43.5 Å². The number of aliphatic hydroxyl groups excluding tert-OH is 1. The maximum Gasteiger partial charge on any atom is 0.472 e. The van der Waals surface area contributed by atoms with Crippen LogP contribution in [-0.4, -0.2) is 47.8 Å². The first-order chi connectivity index (χ1) is 23.4. The van der Waals surface area contributed by atoms with Crippen LogP contribution in [0.15, 0.2) is 24.3 Å². The summed E-state index contributed by atoms with van der Waals surface area (Å²) in [5.74, 6) is -0.176. The van der Waals surface area contributed by atoms with Crippen LogP contribution in [0.25, 0.3) is 0 Å². The first kappa shape index (κ1) is 47.0. The van der Waals surface area contributed by atoms with Gasteiger partial charge in [0.15, 0.2) is 0 Å². The molecule has 284 valence electrons. The summed E-state index contributed by atoms with van der Waals surface area (Å²) in [7, 11) is -4.31. The lowest BCUT2D eigenvalue weighted by molar-refractivity contribution is -0.123. The van der Waals surface area contributed by atoms with Gasteiger partial charge in [0, 0.05) is 13.0 Å². The number of rotatable bonds is 37. The van der Waals surface area contributed by atoms with Crippen molar-refractivity contribution >= 4 is 13.7 Å². The number of phosphoric ester groups is 1. The fourth-order valence-corrected chi connectivity index (χ4v) is 6.50. The Balaban J connectivity index is 4.24. The monoisotopic (exact) mass is 701 g/mol. The van der Waals surface area contributed by atoms with Crippen molar-refractivity contribution < 1.29 is 28.4 Å². The zero-order valence-electron chi connectivity index (χ0n) is 31.2. The Morgan fingerprint density at radius 3 is 1.71 bits per heavy atom. The number of aliphatic hydroxyl groups is 1. The summed E-state index contributed by atoms with van der Waals surface area (Å²) >= 11 is 0. The molecule has 0 bridgehead atoms. The lowest BCUT2D eigenvalue weighted by atomic mass is 10.0. The van der Waals surface area contributed by atoms with Crippen LogP contribution in [-0.2, 0) is 18.4 Å². The molecule has 3 unspecified atom stereocenters. The van der Waals surface area contributed by atoms with Gasteiger partial charge < -0.3 is 21.1 Å². The van der Waals surface area contributed by atoms with E-state index in [1.807, 2.05) is 0 Å². The van der Waals surface area contributed by atoms with Crippen LogP contribution in [0.2, 0.25) is 0 Å². The highest BCUT2D eigenvalue weighted by atomic mass is 31.2. The summed E-state index contributed by atoms with van der Waals surface area (Å²) in [5.41, 5.74) is 5.37. The van der Waals surface area contributed by atoms with Crippen molar-refractivity contribution in [1.29, 1.82) is 0 Å². The van der Waals surface area contributed by atoms with Crippen LogP contribution in [0, 0.1) is 0 Å². The molecule has 48 heavy (non-hydrogen) atoms. The Kier molecular flexibility index (Phi) is 35.0. The van der Waals surface area contributed by atoms with Gasteiger partial charge >= 0.3 is 7.82 Å². The second-order valence-corrected chi connectivity index (χ2v) is 14.9. The number of nitrogens with one attached hydrogen (secondary N) is 1. The molecule has 0 aromatic rings. The molecule has 9 heteroatoms. The van der Waals surface area contributed by atoms with Gasteiger partial charge in [-0.05, 0) is 38.5 Å². The number of carbonyl (C=O) groups excluding carboxylic acids is 1. The van der Waals surface area contributed by atoms with Gasteiger partial charge in [-0.3, -0.25) is 13.8 Å². The standard InChI is InChI=1S/C39H77N2O6P/c1-3-5-7-9-11-13-15-17-19-20-22-24-26-28-30-32-38(42)37(36-47-48(44,45)46-35-34-40)41-39(43)33-31-29-27-25-23-21-18-16-14-12-10-8-6-4-2/h10,12,16,18,37-38,42H,3-9,11,13-15,17,19-36,40H2,1-2H3,(H,41,43)(H,44,45)/b12-10-,18-16-. The Morgan fingerprint density at radius 1 is 0.688 bits per heavy atom. The Bertz CT molecular complexity index is 809. The molecule has 0 rings (SSSR count). The molecule has 1 amide bonds. The molecule has 3 atom stereocenters. The van der Waals surface area contributed by atoms with Crippen LogP contribution < -0.4 is 11.1 Å². The van der Waals surface area contributed by atoms with E-state index in [0.29, 0.717) is 12.8 Å². The van der Waals surface area contributed by atoms with E-state index in [1.165, 1.54) is 96.3 Å². The normalized spacial score (nSPS) is 14.5. The number of carbonyl (C=O) groups is 1. The minimum atomic E-state index is -4.31. The van der Waals surface area contributed by atoms with Crippen molar-refractivity contribution in [3.05, 3.63) is 24.3 Å². The number of allylic oxidation sites excluding steroid dienone is 4. The second-order valence-electron chi connectivity index (χ2n) is 13.5. The summed E-state index contributed by atoms with van der Waals surface area (Å²) in [5, 5.41) is 13.7. The molecular weight excluding hydrogens is 623 g/mol. The SMILES string of the molecule is CCCC/C=C\C/C=C\CCCCCCCC(=O)NC(COP(=O)(O)OCCN)C(O)CCCCCCCCCCCCCCCCC. The summed E-state index contributed by atoms with van der Waals surface area (Å²) in [6.07, 6.45) is 38.9. The third-order valence-corrected chi connectivity index (χ3v) is 9.79. The molecule has 0 spiro atoms. The van der Waals surface area contributed by atoms with E-state index >= 15 is 0 Å². The number of amides is 1. The van der Waals surface area contributed by atoms with Crippen molar-refractivity contribution in [3.63, 3.8) is 0 Å². The summed E-state index contributed by atoms with van der Waals surface area (Å²) in [4.78, 5) is 22.6. The zero-order valence-corrected chi connectivity index (χ0v) is 32.1. The molecular formula is C39H77N2O6P. The largest absolute Gasteiger partial charge is 0.472 e. The fraction of sp³-hybridized carbons (Fsp3) is 0.872. The van der Waals surface area contributed by atoms with Crippen LogP contribution in [0.3, 0.4) is 0 Å². The summed E-state index contributed by atoms with van der Waals surface area (Å²) in [6, 6.07) is -0.778. The second kappa shape index (κ2) is 35.8. The maximum atomic E-state index is 12.7. The zero-order chi connectivity index (χ0) is 35.4. The molecule has 0 aromatic carbocycles. The molecule has 0 aromatic heterocycles. The quantitative estimate of drug-likeness (QED) is 0.0288. The van der Waals surface area contributed by atoms with Gasteiger partial charge in [0.2, 0.25) is 5.91 Å². The smallest absolute Gasteiger partial charge is 0.391 e. The van der Waals surface area contributed by atoms with Crippen LogP contribution in [0.5, 0.6) is 0 Å². The number of nitrogens with two attached hydrogens (primary N) is 1. The van der Waals surface area contributed by atoms with Gasteiger partial charge in [-0.1, -0.05) is 167 Å². The van der Waals surface area contributed by atoms with Crippen molar-refractivity contribution in [2.75, 3.05) is 19.8 Å². The molecule has 8 nitrogen and oxygen atoms in total. The van der Waals surface area contributed by atoms with Crippen molar-refractivity contribution in [2.45, 2.75) is 199 Å². The van der Waals surface area contributed by atoms with Gasteiger partial charge in [0.05, 0.1) is 25.4 Å². The Labute approximate surface area is 296 Å². The van der Waals surface area contributed by atoms with Crippen LogP contribution >= 0.6 is 7.82 Å². The highest BCUT2D eigenvalue weighted by Crippen LogP contribution is 2.43. The molecule has 5 N–H and O–H groups in total. The minimum Gasteiger partial charge on any atom is -0.391 e. The van der Waals surface area contributed by atoms with Gasteiger partial charge in [-0.2, -0.15) is 0 Å². The van der Waals surface area contributed by atoms with Gasteiger partial charge in [0.25, 0.3) is 0 Å². The molecule has 0 saturated carbocycles. The lowest BCUT2D eigenvalue weighted by Crippen LogP contribution is -2.46. The third kappa shape index (κ3) is 33.5. The van der Waals surface area contributed by atoms with E-state index in [-0.39, 0.29) is 25.7 Å². The van der Waals surface area contributed by atoms with Crippen LogP contribution in [0.1, 0.15) is 187 Å². The average molecular weight is 701 g/mol. The van der Waals surface area contributed by atoms with Crippen molar-refractivity contribution in [2.24, 2.45) is 5.73 Å². The average Bonchev–Trinajstić information content (AvgIpc) is 3.07. The van der Waals surface area contributed by atoms with E-state index in [1.54, 1.807) is 0 Å². The molecule has 0 saturated heterocycles. The first-order valence-corrected chi connectivity index (χ1v) is 21.4. The molecule has 0 radical (unpaired) electrons. The summed E-state index contributed by atoms with van der Waals surface area (Å²) < 4.78 is 22.1.